The van der Waals surface area contributed by atoms with Gasteiger partial charge in [0.25, 0.3) is 0 Å². The average Bonchev–Trinajstić information content (AvgIpc) is 2.88. The van der Waals surface area contributed by atoms with Crippen LogP contribution in [0.25, 0.3) is 10.8 Å². The quantitative estimate of drug-likeness (QED) is 0.287. The Bertz CT molecular complexity index is 1370. The van der Waals surface area contributed by atoms with E-state index in [0.29, 0.717) is 12.1 Å². The largest absolute Gasteiger partial charge is 0.486 e. The Morgan fingerprint density at radius 2 is 1.81 bits per heavy atom. The molecule has 0 aliphatic carbocycles. The van der Waals surface area contributed by atoms with Gasteiger partial charge in [-0.15, -0.1) is 12.4 Å². The molecule has 0 saturated heterocycles. The summed E-state index contributed by atoms with van der Waals surface area (Å²) in [7, 11) is 0. The fourth-order valence-corrected chi connectivity index (χ4v) is 4.90. The third-order valence-corrected chi connectivity index (χ3v) is 6.81. The van der Waals surface area contributed by atoms with E-state index < -0.39 is 5.97 Å². The molecule has 4 aromatic carbocycles. The molecule has 0 spiro atoms. The summed E-state index contributed by atoms with van der Waals surface area (Å²) in [4.78, 5) is 13.9. The van der Waals surface area contributed by atoms with Crippen LogP contribution in [0.15, 0.2) is 84.9 Å². The third-order valence-electron chi connectivity index (χ3n) is 6.81. The number of fused-ring (bicyclic) bond motifs is 2. The summed E-state index contributed by atoms with van der Waals surface area (Å²) in [6.07, 6.45) is 0.809. The first kappa shape index (κ1) is 25.5. The second kappa shape index (κ2) is 11.0. The SMILES string of the molecule is Cc1ccc(N2CC(CCN[C@H](C)c3cccc4ccccc34)Oc3ccccc32)cc1C(=O)O.Cl. The number of nitrogens with zero attached hydrogens (tertiary/aromatic N) is 1. The molecule has 1 aliphatic heterocycles. The van der Waals surface area contributed by atoms with E-state index >= 15 is 0 Å². The number of carbonyl (C=O) groups is 1. The van der Waals surface area contributed by atoms with E-state index in [4.69, 9.17) is 4.74 Å². The lowest BCUT2D eigenvalue weighted by atomic mass is 9.99. The van der Waals surface area contributed by atoms with Gasteiger partial charge in [-0.2, -0.15) is 0 Å². The Kier molecular flexibility index (Phi) is 7.82. The number of hydrogen-bond acceptors (Lipinski definition) is 4. The molecule has 6 heteroatoms. The van der Waals surface area contributed by atoms with Gasteiger partial charge < -0.3 is 20.1 Å². The van der Waals surface area contributed by atoms with Crippen LogP contribution in [0.3, 0.4) is 0 Å². The molecule has 1 unspecified atom stereocenters. The molecule has 0 aromatic heterocycles. The minimum atomic E-state index is -0.908. The zero-order valence-electron chi connectivity index (χ0n) is 20.5. The van der Waals surface area contributed by atoms with Crippen LogP contribution in [-0.4, -0.2) is 30.3 Å². The number of carboxylic acid groups (broad SMARTS) is 1. The van der Waals surface area contributed by atoms with Gasteiger partial charge in [0, 0.05) is 11.7 Å². The predicted octanol–water partition coefficient (Wildman–Crippen LogP) is 6.91. The van der Waals surface area contributed by atoms with Gasteiger partial charge in [0.1, 0.15) is 11.9 Å². The highest BCUT2D eigenvalue weighted by Gasteiger charge is 2.27. The zero-order valence-corrected chi connectivity index (χ0v) is 21.3. The minimum Gasteiger partial charge on any atom is -0.486 e. The number of aromatic carboxylic acids is 1. The van der Waals surface area contributed by atoms with Crippen molar-refractivity contribution in [3.05, 3.63) is 102 Å². The smallest absolute Gasteiger partial charge is 0.336 e. The number of anilines is 2. The lowest BCUT2D eigenvalue weighted by Gasteiger charge is -2.36. The fourth-order valence-electron chi connectivity index (χ4n) is 4.90. The summed E-state index contributed by atoms with van der Waals surface area (Å²) in [5.74, 6) is -0.0858. The average molecular weight is 503 g/mol. The minimum absolute atomic E-state index is 0. The van der Waals surface area contributed by atoms with Crippen molar-refractivity contribution in [3.63, 3.8) is 0 Å². The zero-order chi connectivity index (χ0) is 24.4. The van der Waals surface area contributed by atoms with Crippen LogP contribution in [-0.2, 0) is 0 Å². The first-order valence-corrected chi connectivity index (χ1v) is 12.1. The van der Waals surface area contributed by atoms with Crippen LogP contribution in [0.4, 0.5) is 11.4 Å². The van der Waals surface area contributed by atoms with Crippen LogP contribution in [0.2, 0.25) is 0 Å². The van der Waals surface area contributed by atoms with Gasteiger partial charge in [-0.3, -0.25) is 0 Å². The molecule has 0 bridgehead atoms. The van der Waals surface area contributed by atoms with E-state index in [1.807, 2.05) is 43.3 Å². The van der Waals surface area contributed by atoms with E-state index in [2.05, 4.69) is 59.6 Å². The van der Waals surface area contributed by atoms with E-state index in [0.717, 1.165) is 35.7 Å². The summed E-state index contributed by atoms with van der Waals surface area (Å²) >= 11 is 0. The van der Waals surface area contributed by atoms with Gasteiger partial charge >= 0.3 is 5.97 Å². The summed E-state index contributed by atoms with van der Waals surface area (Å²) in [5, 5.41) is 15.8. The van der Waals surface area contributed by atoms with E-state index in [1.165, 1.54) is 16.3 Å². The van der Waals surface area contributed by atoms with Crippen LogP contribution >= 0.6 is 12.4 Å². The summed E-state index contributed by atoms with van der Waals surface area (Å²) in [6.45, 7) is 5.49. The molecule has 0 amide bonds. The van der Waals surface area contributed by atoms with Crippen molar-refractivity contribution in [1.82, 2.24) is 5.32 Å². The Balaban J connectivity index is 0.00000304. The number of carboxylic acids is 1. The molecular formula is C30H31ClN2O3. The molecule has 1 heterocycles. The van der Waals surface area contributed by atoms with Gasteiger partial charge in [0.15, 0.2) is 0 Å². The maximum atomic E-state index is 11.7. The molecule has 2 N–H and O–H groups in total. The molecular weight excluding hydrogens is 472 g/mol. The summed E-state index contributed by atoms with van der Waals surface area (Å²) < 4.78 is 6.34. The van der Waals surface area contributed by atoms with Crippen molar-refractivity contribution < 1.29 is 14.6 Å². The maximum absolute atomic E-state index is 11.7. The van der Waals surface area contributed by atoms with Crippen LogP contribution in [0.1, 0.15) is 40.9 Å². The second-order valence-corrected chi connectivity index (χ2v) is 9.16. The number of nitrogens with one attached hydrogen (secondary N) is 1. The second-order valence-electron chi connectivity index (χ2n) is 9.16. The first-order valence-electron chi connectivity index (χ1n) is 12.1. The topological polar surface area (TPSA) is 61.8 Å². The van der Waals surface area contributed by atoms with Crippen molar-refractivity contribution in [2.24, 2.45) is 0 Å². The fraction of sp³-hybridized carbons (Fsp3) is 0.233. The Morgan fingerprint density at radius 1 is 1.06 bits per heavy atom. The van der Waals surface area contributed by atoms with Crippen LogP contribution in [0, 0.1) is 6.92 Å². The molecule has 0 radical (unpaired) electrons. The lowest BCUT2D eigenvalue weighted by molar-refractivity contribution is 0.0696. The number of rotatable bonds is 7. The number of hydrogen-bond donors (Lipinski definition) is 2. The van der Waals surface area contributed by atoms with Gasteiger partial charge in [-0.1, -0.05) is 60.7 Å². The molecule has 1 aliphatic rings. The molecule has 0 saturated carbocycles. The Hall–Kier alpha value is -3.54. The number of halogens is 1. The van der Waals surface area contributed by atoms with Gasteiger partial charge in [0.2, 0.25) is 0 Å². The number of para-hydroxylation sites is 2. The van der Waals surface area contributed by atoms with Crippen molar-refractivity contribution in [2.75, 3.05) is 18.0 Å². The Morgan fingerprint density at radius 3 is 2.64 bits per heavy atom. The molecule has 2 atom stereocenters. The highest BCUT2D eigenvalue weighted by atomic mass is 35.5. The summed E-state index contributed by atoms with van der Waals surface area (Å²) in [5.41, 5.74) is 4.20. The van der Waals surface area contributed by atoms with Crippen molar-refractivity contribution in [1.29, 1.82) is 0 Å². The maximum Gasteiger partial charge on any atom is 0.336 e. The lowest BCUT2D eigenvalue weighted by Crippen LogP contribution is -2.39. The highest BCUT2D eigenvalue weighted by molar-refractivity contribution is 5.91. The van der Waals surface area contributed by atoms with Crippen molar-refractivity contribution in [2.45, 2.75) is 32.4 Å². The molecule has 4 aromatic rings. The number of aryl methyl sites for hydroxylation is 1. The summed E-state index contributed by atoms with van der Waals surface area (Å²) in [6, 6.07) is 28.7. The van der Waals surface area contributed by atoms with Crippen molar-refractivity contribution in [3.8, 4) is 5.75 Å². The molecule has 0 fully saturated rings. The van der Waals surface area contributed by atoms with Gasteiger partial charge in [0.05, 0.1) is 17.8 Å². The number of benzene rings is 4. The number of ether oxygens (including phenoxy) is 1. The normalized spacial score (nSPS) is 15.5. The van der Waals surface area contributed by atoms with E-state index in [9.17, 15) is 9.90 Å². The first-order chi connectivity index (χ1) is 17.0. The highest BCUT2D eigenvalue weighted by Crippen LogP contribution is 2.39. The molecule has 186 valence electrons. The molecule has 5 nitrogen and oxygen atoms in total. The monoisotopic (exact) mass is 502 g/mol. The van der Waals surface area contributed by atoms with Crippen LogP contribution < -0.4 is 15.0 Å². The van der Waals surface area contributed by atoms with Crippen molar-refractivity contribution >= 4 is 40.5 Å². The Labute approximate surface area is 218 Å². The van der Waals surface area contributed by atoms with Gasteiger partial charge in [-0.25, -0.2) is 4.79 Å². The predicted molar refractivity (Wildman–Crippen MR) is 148 cm³/mol. The van der Waals surface area contributed by atoms with E-state index in [-0.39, 0.29) is 24.6 Å². The molecule has 36 heavy (non-hydrogen) atoms. The standard InChI is InChI=1S/C30H30N2O3.ClH/c1-20-14-15-23(18-27(20)30(33)34)32-19-24(35-29-13-6-5-12-28(29)32)16-17-31-21(2)25-11-7-9-22-8-3-4-10-26(22)25;/h3-15,18,21,24,31H,16-17,19H2,1-2H3,(H,33,34);1H/t21-,24?;/m1./s1. The molecule has 5 rings (SSSR count). The third kappa shape index (κ3) is 5.18. The van der Waals surface area contributed by atoms with E-state index in [1.54, 1.807) is 6.07 Å². The van der Waals surface area contributed by atoms with Crippen LogP contribution in [0.5, 0.6) is 5.75 Å². The van der Waals surface area contributed by atoms with Gasteiger partial charge in [-0.05, 0) is 73.0 Å².